The molecule has 0 aromatic heterocycles. The van der Waals surface area contributed by atoms with Gasteiger partial charge in [0.05, 0.1) is 10.5 Å². The van der Waals surface area contributed by atoms with Crippen LogP contribution in [0.15, 0.2) is 23.1 Å². The van der Waals surface area contributed by atoms with Crippen molar-refractivity contribution in [2.24, 2.45) is 0 Å². The fourth-order valence-corrected chi connectivity index (χ4v) is 3.96. The molecule has 0 amide bonds. The van der Waals surface area contributed by atoms with Crippen LogP contribution in [-0.2, 0) is 21.0 Å². The Kier molecular flexibility index (Phi) is 4.18. The number of benzene rings is 1. The molecular weight excluding hydrogens is 330 g/mol. The molecule has 1 atom stereocenters. The molecule has 5 nitrogen and oxygen atoms in total. The smallest absolute Gasteiger partial charge is 0.419 e. The van der Waals surface area contributed by atoms with Gasteiger partial charge < -0.3 is 5.11 Å². The molecule has 0 spiro atoms. The standard InChI is InChI=1S/C12H11F4NO4S/c13-9-6-7(3-4-8(9)12(14,15)16)22(20,21)17-5-1-2-10(17)11(18)19/h3-4,6,10H,1-2,5H2,(H,18,19)/t10-/m1/s1. The maximum atomic E-state index is 13.5. The van der Waals surface area contributed by atoms with Crippen LogP contribution in [0.4, 0.5) is 17.6 Å². The summed E-state index contributed by atoms with van der Waals surface area (Å²) in [5.74, 6) is -3.08. The van der Waals surface area contributed by atoms with Crippen molar-refractivity contribution in [3.63, 3.8) is 0 Å². The zero-order chi connectivity index (χ0) is 16.7. The van der Waals surface area contributed by atoms with Gasteiger partial charge in [-0.25, -0.2) is 12.8 Å². The van der Waals surface area contributed by atoms with Crippen molar-refractivity contribution in [2.75, 3.05) is 6.54 Å². The highest BCUT2D eigenvalue weighted by molar-refractivity contribution is 7.89. The summed E-state index contributed by atoms with van der Waals surface area (Å²) >= 11 is 0. The number of rotatable bonds is 3. The van der Waals surface area contributed by atoms with Crippen LogP contribution in [0.2, 0.25) is 0 Å². The Labute approximate surface area is 123 Å². The Balaban J connectivity index is 2.43. The molecule has 22 heavy (non-hydrogen) atoms. The van der Waals surface area contributed by atoms with Crippen molar-refractivity contribution in [3.05, 3.63) is 29.6 Å². The van der Waals surface area contributed by atoms with E-state index >= 15 is 0 Å². The van der Waals surface area contributed by atoms with Crippen LogP contribution in [0, 0.1) is 5.82 Å². The highest BCUT2D eigenvalue weighted by Crippen LogP contribution is 2.33. The fraction of sp³-hybridized carbons (Fsp3) is 0.417. The molecule has 0 aliphatic carbocycles. The van der Waals surface area contributed by atoms with Crippen molar-refractivity contribution in [1.29, 1.82) is 0 Å². The van der Waals surface area contributed by atoms with E-state index in [9.17, 15) is 30.8 Å². The van der Waals surface area contributed by atoms with Crippen molar-refractivity contribution in [1.82, 2.24) is 4.31 Å². The SMILES string of the molecule is O=C(O)[C@H]1CCCN1S(=O)(=O)c1ccc(C(F)(F)F)c(F)c1. The first kappa shape index (κ1) is 16.7. The second-order valence-corrected chi connectivity index (χ2v) is 6.64. The predicted molar refractivity (Wildman–Crippen MR) is 66.0 cm³/mol. The van der Waals surface area contributed by atoms with Crippen LogP contribution in [0.5, 0.6) is 0 Å². The maximum absolute atomic E-state index is 13.5. The third-order valence-corrected chi connectivity index (χ3v) is 5.25. The lowest BCUT2D eigenvalue weighted by Crippen LogP contribution is -2.40. The molecular formula is C12H11F4NO4S. The largest absolute Gasteiger partial charge is 0.480 e. The molecule has 0 saturated carbocycles. The molecule has 1 heterocycles. The van der Waals surface area contributed by atoms with Crippen molar-refractivity contribution in [3.8, 4) is 0 Å². The van der Waals surface area contributed by atoms with Gasteiger partial charge in [-0.2, -0.15) is 17.5 Å². The van der Waals surface area contributed by atoms with Crippen LogP contribution in [0.3, 0.4) is 0 Å². The van der Waals surface area contributed by atoms with Crippen LogP contribution in [-0.4, -0.2) is 36.4 Å². The lowest BCUT2D eigenvalue weighted by Gasteiger charge is -2.21. The zero-order valence-corrected chi connectivity index (χ0v) is 11.8. The molecule has 1 aromatic carbocycles. The normalized spacial score (nSPS) is 20.3. The Hall–Kier alpha value is -1.68. The first-order chi connectivity index (χ1) is 10.0. The summed E-state index contributed by atoms with van der Waals surface area (Å²) in [6.45, 7) is -0.0814. The molecule has 2 rings (SSSR count). The number of carbonyl (C=O) groups is 1. The van der Waals surface area contributed by atoms with E-state index in [2.05, 4.69) is 0 Å². The van der Waals surface area contributed by atoms with Crippen LogP contribution >= 0.6 is 0 Å². The molecule has 0 unspecified atom stereocenters. The molecule has 0 bridgehead atoms. The van der Waals surface area contributed by atoms with Gasteiger partial charge in [-0.1, -0.05) is 0 Å². The number of nitrogens with zero attached hydrogens (tertiary/aromatic N) is 1. The number of hydrogen-bond donors (Lipinski definition) is 1. The predicted octanol–water partition coefficient (Wildman–Crippen LogP) is 2.08. The Bertz CT molecular complexity index is 702. The van der Waals surface area contributed by atoms with Crippen LogP contribution in [0.1, 0.15) is 18.4 Å². The second-order valence-electron chi connectivity index (χ2n) is 4.75. The van der Waals surface area contributed by atoms with E-state index < -0.39 is 44.5 Å². The van der Waals surface area contributed by atoms with E-state index in [1.165, 1.54) is 0 Å². The van der Waals surface area contributed by atoms with Crippen molar-refractivity contribution in [2.45, 2.75) is 30.0 Å². The minimum Gasteiger partial charge on any atom is -0.480 e. The second kappa shape index (κ2) is 5.51. The van der Waals surface area contributed by atoms with Gasteiger partial charge in [-0.15, -0.1) is 0 Å². The minimum atomic E-state index is -4.94. The number of aliphatic carboxylic acids is 1. The summed E-state index contributed by atoms with van der Waals surface area (Å²) in [4.78, 5) is 10.3. The van der Waals surface area contributed by atoms with E-state index in [-0.39, 0.29) is 19.0 Å². The Morgan fingerprint density at radius 1 is 1.32 bits per heavy atom. The number of hydrogen-bond acceptors (Lipinski definition) is 3. The quantitative estimate of drug-likeness (QED) is 0.854. The average molecular weight is 341 g/mol. The Morgan fingerprint density at radius 3 is 2.45 bits per heavy atom. The Morgan fingerprint density at radius 2 is 1.95 bits per heavy atom. The van der Waals surface area contributed by atoms with Gasteiger partial charge in [0.2, 0.25) is 10.0 Å². The first-order valence-electron chi connectivity index (χ1n) is 6.16. The minimum absolute atomic E-state index is 0.0814. The molecule has 1 aromatic rings. The number of carboxylic acid groups (broad SMARTS) is 1. The first-order valence-corrected chi connectivity index (χ1v) is 7.60. The molecule has 10 heteroatoms. The summed E-state index contributed by atoms with van der Waals surface area (Å²) in [5.41, 5.74) is -1.58. The van der Waals surface area contributed by atoms with Gasteiger partial charge in [0.1, 0.15) is 11.9 Å². The molecule has 0 radical (unpaired) electrons. The summed E-state index contributed by atoms with van der Waals surface area (Å²) in [5, 5.41) is 8.97. The molecule has 122 valence electrons. The number of sulfonamides is 1. The summed E-state index contributed by atoms with van der Waals surface area (Å²) in [6.07, 6.45) is -4.54. The maximum Gasteiger partial charge on any atom is 0.419 e. The molecule has 1 aliphatic heterocycles. The highest BCUT2D eigenvalue weighted by atomic mass is 32.2. The van der Waals surface area contributed by atoms with Gasteiger partial charge in [-0.3, -0.25) is 4.79 Å². The summed E-state index contributed by atoms with van der Waals surface area (Å²) in [6, 6.07) is -0.0857. The molecule has 1 aliphatic rings. The van der Waals surface area contributed by atoms with Gasteiger partial charge in [0.25, 0.3) is 0 Å². The highest BCUT2D eigenvalue weighted by Gasteiger charge is 2.40. The number of alkyl halides is 3. The molecule has 1 saturated heterocycles. The van der Waals surface area contributed by atoms with Gasteiger partial charge in [-0.05, 0) is 31.0 Å². The third-order valence-electron chi connectivity index (χ3n) is 3.34. The number of halogens is 4. The van der Waals surface area contributed by atoms with Crippen molar-refractivity contribution < 1.29 is 35.9 Å². The monoisotopic (exact) mass is 341 g/mol. The van der Waals surface area contributed by atoms with Gasteiger partial charge >= 0.3 is 12.1 Å². The molecule has 1 fully saturated rings. The summed E-state index contributed by atoms with van der Waals surface area (Å²) < 4.78 is 76.1. The molecule has 1 N–H and O–H groups in total. The third kappa shape index (κ3) is 2.93. The van der Waals surface area contributed by atoms with Gasteiger partial charge in [0.15, 0.2) is 0 Å². The van der Waals surface area contributed by atoms with E-state index in [4.69, 9.17) is 5.11 Å². The van der Waals surface area contributed by atoms with Crippen LogP contribution < -0.4 is 0 Å². The summed E-state index contributed by atoms with van der Waals surface area (Å²) in [7, 11) is -4.37. The average Bonchev–Trinajstić information content (AvgIpc) is 2.86. The van der Waals surface area contributed by atoms with Gasteiger partial charge in [0, 0.05) is 6.54 Å². The van der Waals surface area contributed by atoms with E-state index in [1.54, 1.807) is 0 Å². The zero-order valence-electron chi connectivity index (χ0n) is 11.0. The van der Waals surface area contributed by atoms with E-state index in [0.29, 0.717) is 22.9 Å². The van der Waals surface area contributed by atoms with Crippen molar-refractivity contribution >= 4 is 16.0 Å². The topological polar surface area (TPSA) is 74.7 Å². The van der Waals surface area contributed by atoms with E-state index in [0.717, 1.165) is 0 Å². The number of carboxylic acids is 1. The fourth-order valence-electron chi connectivity index (χ4n) is 2.30. The lowest BCUT2D eigenvalue weighted by atomic mass is 10.2. The lowest BCUT2D eigenvalue weighted by molar-refractivity contribution is -0.141. The van der Waals surface area contributed by atoms with Crippen LogP contribution in [0.25, 0.3) is 0 Å². The van der Waals surface area contributed by atoms with E-state index in [1.807, 2.05) is 0 Å².